The molecule has 0 bridgehead atoms. The van der Waals surface area contributed by atoms with Crippen molar-refractivity contribution in [2.75, 3.05) is 6.61 Å². The molecule has 2 atom stereocenters. The van der Waals surface area contributed by atoms with Gasteiger partial charge in [0.05, 0.1) is 0 Å². The highest BCUT2D eigenvalue weighted by Gasteiger charge is 2.81. The molecule has 0 saturated carbocycles. The lowest BCUT2D eigenvalue weighted by Gasteiger charge is -2.37. The number of hydrogen-bond acceptors (Lipinski definition) is 3. The van der Waals surface area contributed by atoms with Crippen molar-refractivity contribution in [1.29, 1.82) is 0 Å². The van der Waals surface area contributed by atoms with E-state index in [1.807, 2.05) is 4.74 Å². The van der Waals surface area contributed by atoms with E-state index in [2.05, 4.69) is 4.74 Å². The number of alkyl halides is 16. The molecule has 0 heterocycles. The molecule has 22 heteroatoms. The normalized spacial score (nSPS) is 17.4. The molecule has 0 aliphatic heterocycles. The Morgan fingerprint density at radius 2 is 1.09 bits per heavy atom. The Morgan fingerprint density at radius 3 is 1.42 bits per heavy atom. The van der Waals surface area contributed by atoms with Crippen molar-refractivity contribution >= 4 is 0 Å². The molecule has 0 aromatic rings. The standard InChI is InChI=1S/C11H3F19O3/c12-2(13)3(14)32-11(29,30)8(23,9(24,25)26)33-10(27,28)5(16,17)1-31-7(21,22)4(15)6(18,19)20/h4H,1H2. The molecule has 0 radical (unpaired) electrons. The molecular weight excluding hydrogens is 541 g/mol. The summed E-state index contributed by atoms with van der Waals surface area (Å²) >= 11 is 0. The van der Waals surface area contributed by atoms with Gasteiger partial charge < -0.3 is 9.47 Å². The van der Waals surface area contributed by atoms with Crippen molar-refractivity contribution < 1.29 is 97.6 Å². The molecule has 0 fully saturated rings. The third-order valence-corrected chi connectivity index (χ3v) is 2.83. The predicted molar refractivity (Wildman–Crippen MR) is 59.1 cm³/mol. The van der Waals surface area contributed by atoms with Crippen LogP contribution in [0.4, 0.5) is 83.4 Å². The maximum Gasteiger partial charge on any atom is 0.471 e. The average molecular weight is 544 g/mol. The molecule has 0 spiro atoms. The Bertz CT molecular complexity index is 705. The fourth-order valence-corrected chi connectivity index (χ4v) is 1.28. The maximum absolute atomic E-state index is 13.6. The first kappa shape index (κ1) is 31.1. The zero-order valence-electron chi connectivity index (χ0n) is 14.2. The van der Waals surface area contributed by atoms with Gasteiger partial charge in [0.15, 0.2) is 0 Å². The summed E-state index contributed by atoms with van der Waals surface area (Å²) in [6, 6.07) is -4.05. The maximum atomic E-state index is 13.6. The van der Waals surface area contributed by atoms with Crippen molar-refractivity contribution in [3.63, 3.8) is 0 Å². The summed E-state index contributed by atoms with van der Waals surface area (Å²) in [7, 11) is 0. The van der Waals surface area contributed by atoms with E-state index in [4.69, 9.17) is 0 Å². The second kappa shape index (κ2) is 9.06. The molecule has 0 saturated heterocycles. The van der Waals surface area contributed by atoms with E-state index in [1.165, 1.54) is 0 Å². The van der Waals surface area contributed by atoms with Crippen molar-refractivity contribution in [3.05, 3.63) is 12.1 Å². The van der Waals surface area contributed by atoms with E-state index < -0.39 is 67.3 Å². The highest BCUT2D eigenvalue weighted by atomic mass is 19.4. The largest absolute Gasteiger partial charge is 0.471 e. The molecule has 198 valence electrons. The van der Waals surface area contributed by atoms with Crippen LogP contribution < -0.4 is 0 Å². The molecule has 0 aromatic heterocycles. The first-order valence-electron chi connectivity index (χ1n) is 6.86. The van der Waals surface area contributed by atoms with Gasteiger partial charge in [-0.2, -0.15) is 79.0 Å². The fourth-order valence-electron chi connectivity index (χ4n) is 1.28. The van der Waals surface area contributed by atoms with Crippen molar-refractivity contribution in [1.82, 2.24) is 0 Å². The Hall–Kier alpha value is -1.87. The van der Waals surface area contributed by atoms with Gasteiger partial charge in [0.25, 0.3) is 6.17 Å². The lowest BCUT2D eigenvalue weighted by atomic mass is 10.2. The zero-order chi connectivity index (χ0) is 27.1. The van der Waals surface area contributed by atoms with Crippen LogP contribution in [0.2, 0.25) is 0 Å². The first-order valence-corrected chi connectivity index (χ1v) is 6.86. The summed E-state index contributed by atoms with van der Waals surface area (Å²) in [6.07, 6.45) is -45.0. The molecule has 0 aliphatic carbocycles. The zero-order valence-corrected chi connectivity index (χ0v) is 14.2. The predicted octanol–water partition coefficient (Wildman–Crippen LogP) is 6.61. The third kappa shape index (κ3) is 6.82. The van der Waals surface area contributed by atoms with Gasteiger partial charge in [0.2, 0.25) is 0 Å². The number of halogens is 19. The van der Waals surface area contributed by atoms with E-state index in [0.717, 1.165) is 0 Å². The van der Waals surface area contributed by atoms with Crippen LogP contribution in [0.5, 0.6) is 0 Å². The molecule has 2 unspecified atom stereocenters. The van der Waals surface area contributed by atoms with Crippen LogP contribution >= 0.6 is 0 Å². The van der Waals surface area contributed by atoms with Crippen molar-refractivity contribution in [2.45, 2.75) is 48.6 Å². The van der Waals surface area contributed by atoms with E-state index in [0.29, 0.717) is 0 Å². The first-order chi connectivity index (χ1) is 14.1. The van der Waals surface area contributed by atoms with Crippen LogP contribution in [0.3, 0.4) is 0 Å². The van der Waals surface area contributed by atoms with Gasteiger partial charge >= 0.3 is 54.5 Å². The Kier molecular flexibility index (Phi) is 8.54. The van der Waals surface area contributed by atoms with Gasteiger partial charge in [-0.15, -0.1) is 0 Å². The van der Waals surface area contributed by atoms with Crippen LogP contribution in [-0.2, 0) is 14.2 Å². The summed E-state index contributed by atoms with van der Waals surface area (Å²) in [5.41, 5.74) is 0. The highest BCUT2D eigenvalue weighted by Crippen LogP contribution is 2.53. The molecule has 0 N–H and O–H groups in total. The van der Waals surface area contributed by atoms with Crippen molar-refractivity contribution in [3.8, 4) is 0 Å². The summed E-state index contributed by atoms with van der Waals surface area (Å²) in [6.45, 7) is -3.93. The molecule has 33 heavy (non-hydrogen) atoms. The molecule has 0 aliphatic rings. The van der Waals surface area contributed by atoms with Crippen LogP contribution in [0.25, 0.3) is 0 Å². The van der Waals surface area contributed by atoms with Gasteiger partial charge in [0, 0.05) is 0 Å². The summed E-state index contributed by atoms with van der Waals surface area (Å²) in [5.74, 6) is -14.5. The Morgan fingerprint density at radius 1 is 0.667 bits per heavy atom. The smallest absolute Gasteiger partial charge is 0.398 e. The van der Waals surface area contributed by atoms with Crippen LogP contribution in [0.15, 0.2) is 12.1 Å². The molecule has 0 amide bonds. The summed E-state index contributed by atoms with van der Waals surface area (Å²) in [4.78, 5) is 0. The highest BCUT2D eigenvalue weighted by molar-refractivity contribution is 4.94. The SMILES string of the molecule is FC(F)=C(F)OC(F)(F)C(F)(OC(F)(F)C(F)(F)COC(F)(F)C(F)C(F)(F)F)C(F)(F)F. The van der Waals surface area contributed by atoms with Gasteiger partial charge in [0.1, 0.15) is 6.61 Å². The van der Waals surface area contributed by atoms with E-state index in [-0.39, 0.29) is 0 Å². The van der Waals surface area contributed by atoms with Gasteiger partial charge in [-0.25, -0.2) is 4.39 Å². The molecular formula is C11H3F19O3. The average Bonchev–Trinajstić information content (AvgIpc) is 2.56. The second-order valence-electron chi connectivity index (χ2n) is 5.32. The minimum Gasteiger partial charge on any atom is -0.398 e. The molecule has 3 nitrogen and oxygen atoms in total. The fraction of sp³-hybridized carbons (Fsp3) is 0.818. The quantitative estimate of drug-likeness (QED) is 0.229. The van der Waals surface area contributed by atoms with Gasteiger partial charge in [-0.05, 0) is 0 Å². The monoisotopic (exact) mass is 544 g/mol. The molecule has 0 aromatic carbocycles. The van der Waals surface area contributed by atoms with Crippen LogP contribution in [0, 0.1) is 0 Å². The van der Waals surface area contributed by atoms with E-state index in [9.17, 15) is 83.4 Å². The van der Waals surface area contributed by atoms with Gasteiger partial charge in [-0.1, -0.05) is 0 Å². The van der Waals surface area contributed by atoms with E-state index in [1.54, 1.807) is 4.74 Å². The Labute approximate surface area is 166 Å². The van der Waals surface area contributed by atoms with Crippen LogP contribution in [-0.4, -0.2) is 55.2 Å². The molecule has 0 rings (SSSR count). The number of hydrogen-bond donors (Lipinski definition) is 0. The topological polar surface area (TPSA) is 27.7 Å². The summed E-state index contributed by atoms with van der Waals surface area (Å²) < 4.78 is 245. The minimum absolute atomic E-state index is 1.57. The van der Waals surface area contributed by atoms with E-state index >= 15 is 0 Å². The second-order valence-corrected chi connectivity index (χ2v) is 5.32. The minimum atomic E-state index is -7.66. The Balaban J connectivity index is 6.06. The van der Waals surface area contributed by atoms with Gasteiger partial charge in [-0.3, -0.25) is 4.74 Å². The van der Waals surface area contributed by atoms with Crippen molar-refractivity contribution in [2.24, 2.45) is 0 Å². The number of rotatable bonds is 10. The third-order valence-electron chi connectivity index (χ3n) is 2.83. The lowest BCUT2D eigenvalue weighted by Crippen LogP contribution is -2.64. The van der Waals surface area contributed by atoms with Crippen LogP contribution in [0.1, 0.15) is 0 Å². The number of ether oxygens (including phenoxy) is 3. The lowest BCUT2D eigenvalue weighted by molar-refractivity contribution is -0.519. The summed E-state index contributed by atoms with van der Waals surface area (Å²) in [5, 5.41) is 0.